The van der Waals surface area contributed by atoms with E-state index in [1.54, 1.807) is 36.3 Å². The van der Waals surface area contributed by atoms with Crippen LogP contribution in [0.5, 0.6) is 5.75 Å². The van der Waals surface area contributed by atoms with E-state index < -0.39 is 12.1 Å². The van der Waals surface area contributed by atoms with Crippen LogP contribution < -0.4 is 15.0 Å². The van der Waals surface area contributed by atoms with E-state index in [1.165, 1.54) is 4.90 Å². The van der Waals surface area contributed by atoms with Gasteiger partial charge in [0.05, 0.1) is 12.8 Å². The number of urea groups is 1. The van der Waals surface area contributed by atoms with Crippen molar-refractivity contribution in [2.75, 3.05) is 12.0 Å². The summed E-state index contributed by atoms with van der Waals surface area (Å²) in [5.41, 5.74) is 4.69. The molecule has 3 aromatic carbocycles. The van der Waals surface area contributed by atoms with Crippen LogP contribution in [-0.4, -0.2) is 46.9 Å². The summed E-state index contributed by atoms with van der Waals surface area (Å²) in [4.78, 5) is 46.9. The molecule has 2 aliphatic heterocycles. The third-order valence-electron chi connectivity index (χ3n) is 7.84. The lowest BCUT2D eigenvalue weighted by Gasteiger charge is -2.36. The van der Waals surface area contributed by atoms with Gasteiger partial charge in [0.2, 0.25) is 0 Å². The van der Waals surface area contributed by atoms with Gasteiger partial charge in [0.25, 0.3) is 11.8 Å². The summed E-state index contributed by atoms with van der Waals surface area (Å²) >= 11 is 0. The van der Waals surface area contributed by atoms with Gasteiger partial charge in [0, 0.05) is 34.6 Å². The number of nitrogens with zero attached hydrogens (tertiary/aromatic N) is 2. The number of para-hydroxylation sites is 1. The van der Waals surface area contributed by atoms with Crippen molar-refractivity contribution >= 4 is 34.4 Å². The summed E-state index contributed by atoms with van der Waals surface area (Å²) in [5, 5.41) is 3.99. The smallest absolute Gasteiger partial charge is 0.332 e. The highest BCUT2D eigenvalue weighted by molar-refractivity contribution is 6.22. The van der Waals surface area contributed by atoms with Gasteiger partial charge < -0.3 is 15.0 Å². The molecule has 2 aliphatic rings. The molecule has 0 radical (unpaired) electrons. The lowest BCUT2D eigenvalue weighted by Crippen LogP contribution is -2.44. The van der Waals surface area contributed by atoms with Crippen LogP contribution in [0.3, 0.4) is 0 Å². The fourth-order valence-electron chi connectivity index (χ4n) is 5.64. The highest BCUT2D eigenvalue weighted by Crippen LogP contribution is 2.45. The second kappa shape index (κ2) is 9.62. The number of anilines is 1. The largest absolute Gasteiger partial charge is 0.497 e. The number of methoxy groups -OCH3 is 1. The fraction of sp³-hybridized carbons (Fsp3) is 0.258. The number of aromatic nitrogens is 1. The van der Waals surface area contributed by atoms with Gasteiger partial charge in [-0.3, -0.25) is 14.5 Å². The SMILES string of the molecule is CC[C@H](C)NC(=O)c1ccc(N2C(=O)[C@@H]3Cc4c([nH]c5ccccc45)[C@@H](c4cccc(OC)c4)N3C2=O)cc1. The first-order valence-electron chi connectivity index (χ1n) is 13.2. The quantitative estimate of drug-likeness (QED) is 0.341. The van der Waals surface area contributed by atoms with E-state index in [4.69, 9.17) is 4.74 Å². The van der Waals surface area contributed by atoms with Gasteiger partial charge >= 0.3 is 6.03 Å². The summed E-state index contributed by atoms with van der Waals surface area (Å²) < 4.78 is 5.48. The van der Waals surface area contributed by atoms with Gasteiger partial charge in [-0.25, -0.2) is 9.69 Å². The molecule has 0 saturated carbocycles. The maximum Gasteiger partial charge on any atom is 0.332 e. The molecule has 2 N–H and O–H groups in total. The van der Waals surface area contributed by atoms with E-state index in [-0.39, 0.29) is 23.9 Å². The van der Waals surface area contributed by atoms with Crippen molar-refractivity contribution in [3.8, 4) is 5.75 Å². The number of H-pyrrole nitrogens is 1. The molecule has 8 nitrogen and oxygen atoms in total. The maximum absolute atomic E-state index is 14.0. The Morgan fingerprint density at radius 1 is 1.08 bits per heavy atom. The van der Waals surface area contributed by atoms with Crippen molar-refractivity contribution in [1.29, 1.82) is 0 Å². The summed E-state index contributed by atoms with van der Waals surface area (Å²) in [6, 6.07) is 20.8. The van der Waals surface area contributed by atoms with Gasteiger partial charge in [0.1, 0.15) is 17.8 Å². The monoisotopic (exact) mass is 522 g/mol. The molecule has 1 fully saturated rings. The van der Waals surface area contributed by atoms with Crippen molar-refractivity contribution in [3.63, 3.8) is 0 Å². The summed E-state index contributed by atoms with van der Waals surface area (Å²) in [7, 11) is 1.61. The number of ether oxygens (including phenoxy) is 1. The Morgan fingerprint density at radius 3 is 2.59 bits per heavy atom. The van der Waals surface area contributed by atoms with Gasteiger partial charge in [-0.15, -0.1) is 0 Å². The summed E-state index contributed by atoms with van der Waals surface area (Å²) in [6.07, 6.45) is 1.24. The Balaban J connectivity index is 1.40. The number of amides is 4. The van der Waals surface area contributed by atoms with E-state index in [1.807, 2.05) is 62.4 Å². The first kappa shape index (κ1) is 24.7. The molecule has 3 heterocycles. The number of carbonyl (C=O) groups excluding carboxylic acids is 3. The molecule has 1 saturated heterocycles. The van der Waals surface area contributed by atoms with Crippen LogP contribution in [0.15, 0.2) is 72.8 Å². The molecule has 0 bridgehead atoms. The highest BCUT2D eigenvalue weighted by atomic mass is 16.5. The molecule has 1 aromatic heterocycles. The van der Waals surface area contributed by atoms with Crippen molar-refractivity contribution < 1.29 is 19.1 Å². The summed E-state index contributed by atoms with van der Waals surface area (Å²) in [6.45, 7) is 3.95. The number of benzene rings is 3. The number of hydrogen-bond acceptors (Lipinski definition) is 4. The van der Waals surface area contributed by atoms with E-state index in [2.05, 4.69) is 10.3 Å². The van der Waals surface area contributed by atoms with E-state index in [0.29, 0.717) is 23.4 Å². The van der Waals surface area contributed by atoms with Crippen LogP contribution in [0, 0.1) is 0 Å². The minimum absolute atomic E-state index is 0.0524. The van der Waals surface area contributed by atoms with Crippen molar-refractivity contribution in [1.82, 2.24) is 15.2 Å². The number of carbonyl (C=O) groups is 3. The van der Waals surface area contributed by atoms with E-state index in [0.717, 1.165) is 34.1 Å². The number of imide groups is 1. The van der Waals surface area contributed by atoms with Crippen LogP contribution >= 0.6 is 0 Å². The van der Waals surface area contributed by atoms with Crippen molar-refractivity contribution in [2.24, 2.45) is 0 Å². The zero-order valence-corrected chi connectivity index (χ0v) is 22.1. The van der Waals surface area contributed by atoms with E-state index in [9.17, 15) is 14.4 Å². The molecule has 0 aliphatic carbocycles. The minimum atomic E-state index is -0.659. The number of aromatic amines is 1. The predicted octanol–water partition coefficient (Wildman–Crippen LogP) is 5.19. The van der Waals surface area contributed by atoms with Gasteiger partial charge in [-0.1, -0.05) is 37.3 Å². The number of fused-ring (bicyclic) bond motifs is 4. The molecule has 0 unspecified atom stereocenters. The fourth-order valence-corrected chi connectivity index (χ4v) is 5.64. The second-order valence-corrected chi connectivity index (χ2v) is 10.2. The van der Waals surface area contributed by atoms with E-state index >= 15 is 0 Å². The lowest BCUT2D eigenvalue weighted by atomic mass is 9.89. The third kappa shape index (κ3) is 4.03. The average molecular weight is 523 g/mol. The Kier molecular flexibility index (Phi) is 6.10. The first-order chi connectivity index (χ1) is 18.9. The Labute approximate surface area is 226 Å². The molecule has 0 spiro atoms. The molecule has 3 atom stereocenters. The first-order valence-corrected chi connectivity index (χ1v) is 13.2. The number of rotatable bonds is 6. The van der Waals surface area contributed by atoms with Crippen LogP contribution in [0.4, 0.5) is 10.5 Å². The van der Waals surface area contributed by atoms with Crippen LogP contribution in [0.1, 0.15) is 53.5 Å². The van der Waals surface area contributed by atoms with Crippen molar-refractivity contribution in [3.05, 3.63) is 95.2 Å². The minimum Gasteiger partial charge on any atom is -0.497 e. The Bertz CT molecular complexity index is 1590. The van der Waals surface area contributed by atoms with Gasteiger partial charge in [0.15, 0.2) is 0 Å². The van der Waals surface area contributed by atoms with Gasteiger partial charge in [-0.2, -0.15) is 0 Å². The normalized spacial score (nSPS) is 19.2. The lowest BCUT2D eigenvalue weighted by molar-refractivity contribution is -0.120. The maximum atomic E-state index is 14.0. The van der Waals surface area contributed by atoms with Gasteiger partial charge in [-0.05, 0) is 66.9 Å². The van der Waals surface area contributed by atoms with Crippen LogP contribution in [0.2, 0.25) is 0 Å². The third-order valence-corrected chi connectivity index (χ3v) is 7.84. The highest BCUT2D eigenvalue weighted by Gasteiger charge is 2.53. The molecular weight excluding hydrogens is 492 g/mol. The summed E-state index contributed by atoms with van der Waals surface area (Å²) in [5.74, 6) is 0.213. The number of hydrogen-bond donors (Lipinski definition) is 2. The Morgan fingerprint density at radius 2 is 1.85 bits per heavy atom. The zero-order chi connectivity index (χ0) is 27.3. The molecule has 39 heavy (non-hydrogen) atoms. The number of nitrogens with one attached hydrogen (secondary N) is 2. The molecule has 8 heteroatoms. The topological polar surface area (TPSA) is 94.7 Å². The zero-order valence-electron chi connectivity index (χ0n) is 22.1. The second-order valence-electron chi connectivity index (χ2n) is 10.2. The Hall–Kier alpha value is -4.59. The molecule has 198 valence electrons. The molecule has 4 amide bonds. The molecule has 4 aromatic rings. The van der Waals surface area contributed by atoms with Crippen LogP contribution in [-0.2, 0) is 11.2 Å². The van der Waals surface area contributed by atoms with Crippen LogP contribution in [0.25, 0.3) is 10.9 Å². The molecule has 6 rings (SSSR count). The predicted molar refractivity (Wildman–Crippen MR) is 149 cm³/mol. The molecular formula is C31H30N4O4. The average Bonchev–Trinajstić information content (AvgIpc) is 3.46. The van der Waals surface area contributed by atoms with Crippen molar-refractivity contribution in [2.45, 2.75) is 44.8 Å². The standard InChI is InChI=1S/C31H30N4O4/c1-4-18(2)32-29(36)19-12-14-21(15-13-19)34-30(37)26-17-24-23-10-5-6-11-25(23)33-27(24)28(35(26)31(34)38)20-8-7-9-22(16-20)39-3/h5-16,18,26,28,33H,4,17H2,1-3H3,(H,32,36)/t18-,26-,28+/m0/s1.